The lowest BCUT2D eigenvalue weighted by atomic mass is 9.86. The number of nitrogen functional groups attached to an aromatic ring is 1. The van der Waals surface area contributed by atoms with E-state index in [0.29, 0.717) is 12.2 Å². The Morgan fingerprint density at radius 2 is 1.69 bits per heavy atom. The van der Waals surface area contributed by atoms with E-state index in [1.165, 1.54) is 0 Å². The molecule has 0 bridgehead atoms. The van der Waals surface area contributed by atoms with Gasteiger partial charge in [-0.1, -0.05) is 0 Å². The van der Waals surface area contributed by atoms with Crippen LogP contribution in [0.25, 0.3) is 0 Å². The number of carbonyl (C=O) groups is 1. The van der Waals surface area contributed by atoms with Crippen LogP contribution in [0.15, 0.2) is 33.2 Å². The van der Waals surface area contributed by atoms with Crippen molar-refractivity contribution in [2.24, 2.45) is 0 Å². The maximum Gasteiger partial charge on any atom is 0.237 e. The highest BCUT2D eigenvalue weighted by atomic mass is 79.9. The van der Waals surface area contributed by atoms with Crippen LogP contribution in [0, 0.1) is 0 Å². The van der Waals surface area contributed by atoms with Crippen molar-refractivity contribution in [1.29, 1.82) is 0 Å². The van der Waals surface area contributed by atoms with Gasteiger partial charge in [-0.15, -0.1) is 0 Å². The summed E-state index contributed by atoms with van der Waals surface area (Å²) in [6.45, 7) is 6.66. The van der Waals surface area contributed by atoms with Gasteiger partial charge in [0.15, 0.2) is 0 Å². The zero-order valence-electron chi connectivity index (χ0n) is 14.8. The Morgan fingerprint density at radius 1 is 1.12 bits per heavy atom. The lowest BCUT2D eigenvalue weighted by Crippen LogP contribution is -2.35. The van der Waals surface area contributed by atoms with Crippen LogP contribution in [0.4, 0.5) is 22.7 Å². The molecule has 0 aliphatic carbocycles. The number of halogens is 2. The maximum atomic E-state index is 12.7. The molecule has 1 atom stereocenters. The third kappa shape index (κ3) is 2.44. The Bertz CT molecular complexity index is 918. The zero-order chi connectivity index (χ0) is 18.8. The minimum absolute atomic E-state index is 0.0605. The van der Waals surface area contributed by atoms with Crippen molar-refractivity contribution in [3.63, 3.8) is 0 Å². The molecule has 2 aliphatic heterocycles. The molecule has 2 heterocycles. The summed E-state index contributed by atoms with van der Waals surface area (Å²) in [6, 6.07) is 8.20. The highest BCUT2D eigenvalue weighted by Crippen LogP contribution is 2.48. The predicted octanol–water partition coefficient (Wildman–Crippen LogP) is 4.97. The van der Waals surface area contributed by atoms with Gasteiger partial charge in [-0.25, -0.2) is 0 Å². The summed E-state index contributed by atoms with van der Waals surface area (Å²) in [6.07, 6.45) is -0.0605. The van der Waals surface area contributed by atoms with Gasteiger partial charge in [-0.3, -0.25) is 4.79 Å². The molecule has 0 fully saturated rings. The van der Waals surface area contributed by atoms with Crippen LogP contribution in [0.5, 0.6) is 0 Å². The largest absolute Gasteiger partial charge is 0.397 e. The number of nitrogens with two attached hydrogens (primary N) is 1. The molecule has 1 amide bonds. The molecule has 1 unspecified atom stereocenters. The van der Waals surface area contributed by atoms with Crippen LogP contribution in [-0.2, 0) is 10.2 Å². The zero-order valence-corrected chi connectivity index (χ0v) is 18.0. The van der Waals surface area contributed by atoms with Crippen molar-refractivity contribution in [3.8, 4) is 0 Å². The van der Waals surface area contributed by atoms with Crippen molar-refractivity contribution >= 4 is 60.5 Å². The molecule has 4 N–H and O–H groups in total. The van der Waals surface area contributed by atoms with Gasteiger partial charge in [0, 0.05) is 15.5 Å². The number of likely N-dealkylation sites (N-methyl/N-ethyl adjacent to an activating group) is 1. The number of nitrogens with zero attached hydrogens (tertiary/aromatic N) is 1. The van der Waals surface area contributed by atoms with Crippen LogP contribution >= 0.6 is 31.9 Å². The molecule has 2 aromatic rings. The number of anilines is 4. The monoisotopic (exact) mass is 478 g/mol. The first-order valence-corrected chi connectivity index (χ1v) is 10.1. The molecule has 7 heteroatoms. The number of carbonyl (C=O) groups excluding carboxylic acids is 1. The van der Waals surface area contributed by atoms with Crippen LogP contribution in [-0.4, -0.2) is 12.5 Å². The summed E-state index contributed by atoms with van der Waals surface area (Å²) >= 11 is 7.01. The van der Waals surface area contributed by atoms with Gasteiger partial charge in [-0.05, 0) is 88.0 Å². The number of benzene rings is 2. The van der Waals surface area contributed by atoms with Gasteiger partial charge in [0.2, 0.25) is 5.91 Å². The van der Waals surface area contributed by atoms with Crippen LogP contribution in [0.3, 0.4) is 0 Å². The van der Waals surface area contributed by atoms with Crippen molar-refractivity contribution < 1.29 is 4.79 Å². The fraction of sp³-hybridized carbons (Fsp3) is 0.316. The minimum atomic E-state index is -0.507. The van der Waals surface area contributed by atoms with E-state index in [-0.39, 0.29) is 12.1 Å². The van der Waals surface area contributed by atoms with Gasteiger partial charge in [0.05, 0.1) is 28.2 Å². The number of amides is 1. The second-order valence-electron chi connectivity index (χ2n) is 7.21. The maximum absolute atomic E-state index is 12.7. The smallest absolute Gasteiger partial charge is 0.237 e. The summed E-state index contributed by atoms with van der Waals surface area (Å²) in [5.74, 6) is 0.154. The molecule has 0 radical (unpaired) electrons. The molecule has 0 saturated carbocycles. The first-order valence-electron chi connectivity index (χ1n) is 8.52. The van der Waals surface area contributed by atoms with E-state index in [1.54, 1.807) is 0 Å². The molecule has 2 aromatic carbocycles. The Morgan fingerprint density at radius 3 is 2.27 bits per heavy atom. The van der Waals surface area contributed by atoms with Crippen molar-refractivity contribution in [2.45, 2.75) is 32.4 Å². The Kier molecular flexibility index (Phi) is 4.00. The lowest BCUT2D eigenvalue weighted by Gasteiger charge is -2.18. The Balaban J connectivity index is 1.73. The number of hydrogen-bond donors (Lipinski definition) is 3. The third-order valence-electron chi connectivity index (χ3n) is 5.23. The van der Waals surface area contributed by atoms with Gasteiger partial charge >= 0.3 is 0 Å². The van der Waals surface area contributed by atoms with E-state index in [0.717, 1.165) is 37.1 Å². The summed E-state index contributed by atoms with van der Waals surface area (Å²) in [7, 11) is 0. The lowest BCUT2D eigenvalue weighted by molar-refractivity contribution is -0.122. The highest BCUT2D eigenvalue weighted by molar-refractivity contribution is 9.11. The van der Waals surface area contributed by atoms with E-state index >= 15 is 0 Å². The summed E-state index contributed by atoms with van der Waals surface area (Å²) < 4.78 is 1.71. The fourth-order valence-electron chi connectivity index (χ4n) is 3.71. The Hall–Kier alpha value is -1.73. The molecule has 26 heavy (non-hydrogen) atoms. The first kappa shape index (κ1) is 17.7. The molecule has 4 rings (SSSR count). The quantitative estimate of drug-likeness (QED) is 0.531. The second-order valence-corrected chi connectivity index (χ2v) is 8.92. The van der Waals surface area contributed by atoms with E-state index in [4.69, 9.17) is 5.73 Å². The predicted molar refractivity (Wildman–Crippen MR) is 114 cm³/mol. The molecular formula is C19H20Br2N4O. The van der Waals surface area contributed by atoms with Crippen LogP contribution in [0.2, 0.25) is 0 Å². The molecule has 5 nitrogen and oxygen atoms in total. The third-order valence-corrected chi connectivity index (χ3v) is 6.54. The normalized spacial score (nSPS) is 19.8. The number of fused-ring (bicyclic) bond motifs is 2. The first-order chi connectivity index (χ1) is 12.2. The van der Waals surface area contributed by atoms with Crippen LogP contribution in [0.1, 0.15) is 38.1 Å². The van der Waals surface area contributed by atoms with E-state index in [9.17, 15) is 4.79 Å². The minimum Gasteiger partial charge on any atom is -0.397 e. The van der Waals surface area contributed by atoms with E-state index in [2.05, 4.69) is 54.6 Å². The average Bonchev–Trinajstić information content (AvgIpc) is 3.08. The second kappa shape index (κ2) is 5.89. The summed E-state index contributed by atoms with van der Waals surface area (Å²) in [5, 5.41) is 7.03. The fourth-order valence-corrected chi connectivity index (χ4v) is 4.93. The number of hydrogen-bond acceptors (Lipinski definition) is 4. The van der Waals surface area contributed by atoms with E-state index in [1.807, 2.05) is 37.8 Å². The van der Waals surface area contributed by atoms with Gasteiger partial charge in [-0.2, -0.15) is 0 Å². The van der Waals surface area contributed by atoms with Crippen molar-refractivity contribution in [2.75, 3.05) is 27.8 Å². The Labute approximate surface area is 169 Å². The number of rotatable bonds is 2. The molecular weight excluding hydrogens is 460 g/mol. The summed E-state index contributed by atoms with van der Waals surface area (Å²) in [5.41, 5.74) is 11.3. The average molecular weight is 480 g/mol. The topological polar surface area (TPSA) is 70.4 Å². The molecule has 136 valence electrons. The molecule has 2 aliphatic rings. The van der Waals surface area contributed by atoms with Gasteiger partial charge in [0.1, 0.15) is 6.17 Å². The van der Waals surface area contributed by atoms with Crippen molar-refractivity contribution in [1.82, 2.24) is 0 Å². The SMILES string of the molecule is CCN1C(=O)C(C)(C)c2cc3c(cc21)NC(c1cc(Br)c(N)c(Br)c1)N3. The van der Waals surface area contributed by atoms with Gasteiger partial charge in [0.25, 0.3) is 0 Å². The molecule has 0 aromatic heterocycles. The molecule has 0 saturated heterocycles. The standard InChI is InChI=1S/C19H20Br2N4O/c1-4-25-15-8-14-13(7-10(15)19(2,3)18(25)26)23-17(24-14)9-5-11(20)16(22)12(21)6-9/h5-8,17,23-24H,4,22H2,1-3H3. The van der Waals surface area contributed by atoms with Crippen LogP contribution < -0.4 is 21.3 Å². The number of nitrogens with one attached hydrogen (secondary N) is 2. The highest BCUT2D eigenvalue weighted by Gasteiger charge is 2.44. The molecule has 0 spiro atoms. The van der Waals surface area contributed by atoms with Gasteiger partial charge < -0.3 is 21.3 Å². The van der Waals surface area contributed by atoms with Crippen molar-refractivity contribution in [3.05, 3.63) is 44.3 Å². The van der Waals surface area contributed by atoms with E-state index < -0.39 is 5.41 Å². The summed E-state index contributed by atoms with van der Waals surface area (Å²) in [4.78, 5) is 14.6.